The molecular weight excluding hydrogens is 234 g/mol. The van der Waals surface area contributed by atoms with E-state index in [9.17, 15) is 9.59 Å². The van der Waals surface area contributed by atoms with Gasteiger partial charge in [-0.2, -0.15) is 0 Å². The van der Waals surface area contributed by atoms with Crippen molar-refractivity contribution in [2.45, 2.75) is 33.3 Å². The van der Waals surface area contributed by atoms with Gasteiger partial charge in [0.25, 0.3) is 0 Å². The minimum atomic E-state index is -1.15. The third-order valence-corrected chi connectivity index (χ3v) is 3.11. The van der Waals surface area contributed by atoms with E-state index in [4.69, 9.17) is 9.84 Å². The lowest BCUT2D eigenvalue weighted by atomic mass is 9.94. The van der Waals surface area contributed by atoms with Crippen molar-refractivity contribution >= 4 is 17.6 Å². The van der Waals surface area contributed by atoms with Crippen LogP contribution in [0.1, 0.15) is 35.3 Å². The van der Waals surface area contributed by atoms with E-state index < -0.39 is 11.7 Å². The summed E-state index contributed by atoms with van der Waals surface area (Å²) in [5.41, 5.74) is 1.38. The molecule has 1 aliphatic heterocycles. The van der Waals surface area contributed by atoms with Gasteiger partial charge in [-0.3, -0.25) is 10.1 Å². The van der Waals surface area contributed by atoms with Crippen LogP contribution in [0, 0.1) is 13.8 Å². The lowest BCUT2D eigenvalue weighted by Gasteiger charge is -2.15. The Hall–Kier alpha value is -2.04. The van der Waals surface area contributed by atoms with Crippen molar-refractivity contribution in [1.82, 2.24) is 0 Å². The van der Waals surface area contributed by atoms with Gasteiger partial charge >= 0.3 is 6.09 Å². The van der Waals surface area contributed by atoms with Gasteiger partial charge in [0.05, 0.1) is 11.3 Å². The van der Waals surface area contributed by atoms with Crippen LogP contribution in [-0.2, 0) is 0 Å². The van der Waals surface area contributed by atoms with Crippen molar-refractivity contribution in [3.05, 3.63) is 22.8 Å². The van der Waals surface area contributed by atoms with Gasteiger partial charge in [0.1, 0.15) is 5.75 Å². The number of nitrogens with one attached hydrogen (secondary N) is 1. The largest absolute Gasteiger partial charge is 0.479 e. The average Bonchev–Trinajstić information content (AvgIpc) is 2.44. The first kappa shape index (κ1) is 12.4. The number of carboxylic acid groups (broad SMARTS) is 1. The lowest BCUT2D eigenvalue weighted by Crippen LogP contribution is -2.32. The fourth-order valence-corrected chi connectivity index (χ4v) is 2.23. The minimum absolute atomic E-state index is 0.122. The third kappa shape index (κ3) is 1.72. The smallest absolute Gasteiger partial charge is 0.409 e. The molecule has 1 amide bonds. The molecule has 5 nitrogen and oxygen atoms in total. The Labute approximate surface area is 105 Å². The van der Waals surface area contributed by atoms with Crippen LogP contribution in [0.3, 0.4) is 0 Å². The maximum atomic E-state index is 12.2. The molecule has 0 spiro atoms. The first-order chi connectivity index (χ1) is 8.24. The molecule has 0 saturated carbocycles. The van der Waals surface area contributed by atoms with Crippen molar-refractivity contribution in [2.75, 3.05) is 5.32 Å². The molecule has 0 aliphatic carbocycles. The summed E-state index contributed by atoms with van der Waals surface area (Å²) in [6.07, 6.45) is -1.15. The summed E-state index contributed by atoms with van der Waals surface area (Å²) in [5, 5.41) is 11.1. The Morgan fingerprint density at radius 3 is 2.56 bits per heavy atom. The second-order valence-electron chi connectivity index (χ2n) is 4.94. The Morgan fingerprint density at radius 2 is 2.00 bits per heavy atom. The van der Waals surface area contributed by atoms with E-state index >= 15 is 0 Å². The summed E-state index contributed by atoms with van der Waals surface area (Å²) in [5.74, 6) is 0.402. The molecule has 0 saturated heterocycles. The second kappa shape index (κ2) is 3.73. The van der Waals surface area contributed by atoms with Gasteiger partial charge in [-0.15, -0.1) is 0 Å². The number of rotatable bonds is 1. The van der Waals surface area contributed by atoms with E-state index in [1.165, 1.54) is 0 Å². The molecule has 1 aliphatic rings. The molecule has 96 valence electrons. The summed E-state index contributed by atoms with van der Waals surface area (Å²) in [6.45, 7) is 6.90. The fourth-order valence-electron chi connectivity index (χ4n) is 2.23. The highest BCUT2D eigenvalue weighted by molar-refractivity contribution is 6.09. The molecule has 2 rings (SSSR count). The Morgan fingerprint density at radius 1 is 1.39 bits per heavy atom. The molecule has 0 atom stereocenters. The molecule has 1 aromatic carbocycles. The maximum absolute atomic E-state index is 12.2. The predicted molar refractivity (Wildman–Crippen MR) is 66.6 cm³/mol. The van der Waals surface area contributed by atoms with E-state index in [-0.39, 0.29) is 5.78 Å². The Bertz CT molecular complexity index is 561. The van der Waals surface area contributed by atoms with Crippen LogP contribution < -0.4 is 10.1 Å². The van der Waals surface area contributed by atoms with Gasteiger partial charge < -0.3 is 9.84 Å². The number of ether oxygens (including phenoxy) is 1. The number of ketones is 1. The second-order valence-corrected chi connectivity index (χ2v) is 4.94. The van der Waals surface area contributed by atoms with Gasteiger partial charge in [0.15, 0.2) is 5.60 Å². The highest BCUT2D eigenvalue weighted by atomic mass is 16.5. The lowest BCUT2D eigenvalue weighted by molar-refractivity contribution is 0.0684. The first-order valence-corrected chi connectivity index (χ1v) is 5.62. The van der Waals surface area contributed by atoms with Gasteiger partial charge in [0.2, 0.25) is 5.78 Å². The summed E-state index contributed by atoms with van der Waals surface area (Å²) < 4.78 is 5.60. The van der Waals surface area contributed by atoms with Crippen molar-refractivity contribution in [2.24, 2.45) is 0 Å². The van der Waals surface area contributed by atoms with Gasteiger partial charge in [-0.1, -0.05) is 0 Å². The molecule has 2 N–H and O–H groups in total. The minimum Gasteiger partial charge on any atom is -0.479 e. The molecule has 0 unspecified atom stereocenters. The number of carbonyl (C=O) groups excluding carboxylic acids is 1. The maximum Gasteiger partial charge on any atom is 0.409 e. The van der Waals surface area contributed by atoms with Crippen LogP contribution in [0.2, 0.25) is 0 Å². The number of carbonyl (C=O) groups is 2. The Balaban J connectivity index is 2.62. The van der Waals surface area contributed by atoms with Gasteiger partial charge in [-0.05, 0) is 44.9 Å². The zero-order chi connectivity index (χ0) is 13.7. The number of amides is 1. The predicted octanol–water partition coefficient (Wildman–Crippen LogP) is 2.75. The van der Waals surface area contributed by atoms with Crippen LogP contribution in [0.25, 0.3) is 0 Å². The zero-order valence-electron chi connectivity index (χ0n) is 10.7. The average molecular weight is 249 g/mol. The van der Waals surface area contributed by atoms with Crippen LogP contribution in [0.15, 0.2) is 6.07 Å². The zero-order valence-corrected chi connectivity index (χ0v) is 10.7. The molecule has 0 aromatic heterocycles. The number of Topliss-reactive ketones (excluding diaryl/α,β-unsaturated/α-hetero) is 1. The summed E-state index contributed by atoms with van der Waals surface area (Å²) in [7, 11) is 0. The summed E-state index contributed by atoms with van der Waals surface area (Å²) in [6, 6.07) is 1.69. The molecule has 0 radical (unpaired) electrons. The fraction of sp³-hybridized carbons (Fsp3) is 0.385. The molecule has 5 heteroatoms. The van der Waals surface area contributed by atoms with Crippen molar-refractivity contribution in [1.29, 1.82) is 0 Å². The summed E-state index contributed by atoms with van der Waals surface area (Å²) in [4.78, 5) is 22.9. The van der Waals surface area contributed by atoms with Crippen LogP contribution in [0.4, 0.5) is 10.5 Å². The van der Waals surface area contributed by atoms with Crippen LogP contribution in [-0.4, -0.2) is 22.6 Å². The van der Waals surface area contributed by atoms with E-state index in [0.717, 1.165) is 5.56 Å². The molecule has 18 heavy (non-hydrogen) atoms. The molecule has 0 bridgehead atoms. The standard InChI is InChI=1S/C13H15NO4/c1-6-5-8-9(11(15)13(3,4)18-8)7(2)10(6)14-12(16)17/h5,14H,1-4H3,(H,16,17). The highest BCUT2D eigenvalue weighted by Crippen LogP contribution is 2.41. The SMILES string of the molecule is Cc1cc2c(c(C)c1NC(=O)O)C(=O)C(C)(C)O2. The number of benzene rings is 1. The molecular formula is C13H15NO4. The first-order valence-electron chi connectivity index (χ1n) is 5.62. The van der Waals surface area contributed by atoms with E-state index in [1.807, 2.05) is 0 Å². The normalized spacial score (nSPS) is 16.1. The number of fused-ring (bicyclic) bond motifs is 1. The number of hydrogen-bond donors (Lipinski definition) is 2. The third-order valence-electron chi connectivity index (χ3n) is 3.11. The van der Waals surface area contributed by atoms with Crippen LogP contribution >= 0.6 is 0 Å². The van der Waals surface area contributed by atoms with Crippen molar-refractivity contribution < 1.29 is 19.4 Å². The monoisotopic (exact) mass is 249 g/mol. The number of anilines is 1. The van der Waals surface area contributed by atoms with E-state index in [1.54, 1.807) is 33.8 Å². The molecule has 0 fully saturated rings. The van der Waals surface area contributed by atoms with E-state index in [2.05, 4.69) is 5.32 Å². The number of hydrogen-bond acceptors (Lipinski definition) is 3. The van der Waals surface area contributed by atoms with Crippen molar-refractivity contribution in [3.63, 3.8) is 0 Å². The van der Waals surface area contributed by atoms with Gasteiger partial charge in [0, 0.05) is 0 Å². The van der Waals surface area contributed by atoms with Gasteiger partial charge in [-0.25, -0.2) is 4.79 Å². The summed E-state index contributed by atoms with van der Waals surface area (Å²) >= 11 is 0. The quantitative estimate of drug-likeness (QED) is 0.802. The molecule has 1 heterocycles. The highest BCUT2D eigenvalue weighted by Gasteiger charge is 2.41. The molecule has 1 aromatic rings. The van der Waals surface area contributed by atoms with Crippen molar-refractivity contribution in [3.8, 4) is 5.75 Å². The van der Waals surface area contributed by atoms with Crippen LogP contribution in [0.5, 0.6) is 5.75 Å². The number of aryl methyl sites for hydroxylation is 1. The topological polar surface area (TPSA) is 75.6 Å². The van der Waals surface area contributed by atoms with E-state index in [0.29, 0.717) is 22.6 Å². The Kier molecular flexibility index (Phi) is 2.57.